The predicted molar refractivity (Wildman–Crippen MR) is 90.7 cm³/mol. The summed E-state index contributed by atoms with van der Waals surface area (Å²) in [5, 5.41) is 14.5. The van der Waals surface area contributed by atoms with Crippen molar-refractivity contribution in [3.63, 3.8) is 0 Å². The summed E-state index contributed by atoms with van der Waals surface area (Å²) in [5.41, 5.74) is 0.657. The summed E-state index contributed by atoms with van der Waals surface area (Å²) in [5.74, 6) is 0.769. The number of benzene rings is 1. The van der Waals surface area contributed by atoms with E-state index in [0.29, 0.717) is 29.0 Å². The number of hydrogen-bond acceptors (Lipinski definition) is 5. The Hall–Kier alpha value is -2.12. The quantitative estimate of drug-likeness (QED) is 0.528. The topological polar surface area (TPSA) is 72.9 Å². The van der Waals surface area contributed by atoms with Crippen molar-refractivity contribution in [3.8, 4) is 0 Å². The Bertz CT molecular complexity index is 830. The first-order valence-corrected chi connectivity index (χ1v) is 8.49. The maximum absolute atomic E-state index is 12.7. The maximum Gasteiger partial charge on any atom is 0.262 e. The maximum atomic E-state index is 12.7. The molecule has 7 heteroatoms. The van der Waals surface area contributed by atoms with Gasteiger partial charge < -0.3 is 5.11 Å². The standard InChI is InChI=1S/C16H18N4O2S/c21-11-4-9-20-15(22)13-5-1-2-6-14(13)18-16(20)23-12-10-19-8-3-7-17-19/h1-3,5-8,21H,4,9-12H2. The summed E-state index contributed by atoms with van der Waals surface area (Å²) in [6.07, 6.45) is 4.19. The lowest BCUT2D eigenvalue weighted by molar-refractivity contribution is 0.276. The number of aromatic nitrogens is 4. The molecule has 0 saturated carbocycles. The molecule has 120 valence electrons. The minimum absolute atomic E-state index is 0.0503. The molecule has 0 spiro atoms. The van der Waals surface area contributed by atoms with Crippen molar-refractivity contribution in [2.75, 3.05) is 12.4 Å². The Morgan fingerprint density at radius 3 is 2.83 bits per heavy atom. The molecule has 0 bridgehead atoms. The third-order valence-electron chi connectivity index (χ3n) is 3.48. The Morgan fingerprint density at radius 2 is 2.04 bits per heavy atom. The van der Waals surface area contributed by atoms with Gasteiger partial charge in [-0.05, 0) is 24.6 Å². The van der Waals surface area contributed by atoms with Gasteiger partial charge in [-0.25, -0.2) is 4.98 Å². The van der Waals surface area contributed by atoms with Crippen LogP contribution >= 0.6 is 11.8 Å². The Labute approximate surface area is 137 Å². The van der Waals surface area contributed by atoms with Crippen LogP contribution in [-0.2, 0) is 13.1 Å². The van der Waals surface area contributed by atoms with Gasteiger partial charge in [-0.3, -0.25) is 14.0 Å². The number of aliphatic hydroxyl groups is 1. The lowest BCUT2D eigenvalue weighted by Gasteiger charge is -2.12. The molecule has 2 heterocycles. The number of aliphatic hydroxyl groups excluding tert-OH is 1. The van der Waals surface area contributed by atoms with E-state index in [1.807, 2.05) is 35.1 Å². The summed E-state index contributed by atoms with van der Waals surface area (Å²) in [4.78, 5) is 17.3. The van der Waals surface area contributed by atoms with E-state index < -0.39 is 0 Å². The predicted octanol–water partition coefficient (Wildman–Crippen LogP) is 1.77. The van der Waals surface area contributed by atoms with Crippen molar-refractivity contribution in [2.45, 2.75) is 24.7 Å². The average molecular weight is 330 g/mol. The summed E-state index contributed by atoms with van der Waals surface area (Å²) in [7, 11) is 0. The van der Waals surface area contributed by atoms with E-state index in [9.17, 15) is 4.79 Å². The molecule has 1 aromatic carbocycles. The van der Waals surface area contributed by atoms with Gasteiger partial charge in [0.2, 0.25) is 0 Å². The van der Waals surface area contributed by atoms with Gasteiger partial charge >= 0.3 is 0 Å². The molecule has 1 N–H and O–H groups in total. The highest BCUT2D eigenvalue weighted by Gasteiger charge is 2.11. The van der Waals surface area contributed by atoms with E-state index in [1.165, 1.54) is 11.8 Å². The van der Waals surface area contributed by atoms with Crippen molar-refractivity contribution < 1.29 is 5.11 Å². The van der Waals surface area contributed by atoms with Crippen molar-refractivity contribution in [1.29, 1.82) is 0 Å². The number of hydrogen-bond donors (Lipinski definition) is 1. The van der Waals surface area contributed by atoms with Crippen LogP contribution in [0.5, 0.6) is 0 Å². The molecule has 23 heavy (non-hydrogen) atoms. The summed E-state index contributed by atoms with van der Waals surface area (Å²) in [6, 6.07) is 9.25. The van der Waals surface area contributed by atoms with Crippen LogP contribution in [0.15, 0.2) is 52.7 Å². The largest absolute Gasteiger partial charge is 0.396 e. The lowest BCUT2D eigenvalue weighted by Crippen LogP contribution is -2.24. The number of thioether (sulfide) groups is 1. The van der Waals surface area contributed by atoms with E-state index in [0.717, 1.165) is 12.3 Å². The fourth-order valence-corrected chi connectivity index (χ4v) is 3.30. The highest BCUT2D eigenvalue weighted by Crippen LogP contribution is 2.18. The van der Waals surface area contributed by atoms with Gasteiger partial charge in [0.15, 0.2) is 5.16 Å². The van der Waals surface area contributed by atoms with E-state index in [4.69, 9.17) is 5.11 Å². The Kier molecular flexibility index (Phi) is 5.09. The molecule has 0 aliphatic carbocycles. The number of rotatable bonds is 7. The molecule has 2 aromatic heterocycles. The fourth-order valence-electron chi connectivity index (χ4n) is 2.35. The highest BCUT2D eigenvalue weighted by atomic mass is 32.2. The first-order valence-electron chi connectivity index (χ1n) is 7.50. The van der Waals surface area contributed by atoms with Gasteiger partial charge in [-0.1, -0.05) is 23.9 Å². The summed E-state index contributed by atoms with van der Waals surface area (Å²) >= 11 is 1.53. The van der Waals surface area contributed by atoms with Gasteiger partial charge in [-0.2, -0.15) is 5.10 Å². The average Bonchev–Trinajstić information content (AvgIpc) is 3.08. The van der Waals surface area contributed by atoms with Gasteiger partial charge in [0, 0.05) is 31.3 Å². The van der Waals surface area contributed by atoms with Crippen LogP contribution in [0, 0.1) is 0 Å². The van der Waals surface area contributed by atoms with Crippen LogP contribution in [0.25, 0.3) is 10.9 Å². The second-order valence-electron chi connectivity index (χ2n) is 5.06. The van der Waals surface area contributed by atoms with Crippen LogP contribution in [-0.4, -0.2) is 36.8 Å². The summed E-state index contributed by atoms with van der Waals surface area (Å²) in [6.45, 7) is 1.27. The number of para-hydroxylation sites is 1. The third-order valence-corrected chi connectivity index (χ3v) is 4.43. The van der Waals surface area contributed by atoms with Gasteiger partial charge in [0.25, 0.3) is 5.56 Å². The monoisotopic (exact) mass is 330 g/mol. The van der Waals surface area contributed by atoms with Crippen molar-refractivity contribution in [3.05, 3.63) is 53.1 Å². The second kappa shape index (κ2) is 7.43. The number of aryl methyl sites for hydroxylation is 1. The van der Waals surface area contributed by atoms with E-state index in [1.54, 1.807) is 16.8 Å². The Morgan fingerprint density at radius 1 is 1.17 bits per heavy atom. The SMILES string of the molecule is O=c1c2ccccc2nc(SCCn2cccn2)n1CCCO. The van der Waals surface area contributed by atoms with Crippen LogP contribution in [0.2, 0.25) is 0 Å². The molecule has 6 nitrogen and oxygen atoms in total. The zero-order chi connectivity index (χ0) is 16.1. The normalized spacial score (nSPS) is 11.2. The number of nitrogens with zero attached hydrogens (tertiary/aromatic N) is 4. The van der Waals surface area contributed by atoms with Gasteiger partial charge in [-0.15, -0.1) is 0 Å². The Balaban J connectivity index is 1.88. The third kappa shape index (κ3) is 3.62. The van der Waals surface area contributed by atoms with E-state index >= 15 is 0 Å². The van der Waals surface area contributed by atoms with Gasteiger partial charge in [0.05, 0.1) is 17.4 Å². The fraction of sp³-hybridized carbons (Fsp3) is 0.312. The lowest BCUT2D eigenvalue weighted by atomic mass is 10.2. The van der Waals surface area contributed by atoms with Crippen LogP contribution in [0.4, 0.5) is 0 Å². The van der Waals surface area contributed by atoms with Crippen LogP contribution < -0.4 is 5.56 Å². The van der Waals surface area contributed by atoms with Crippen LogP contribution in [0.1, 0.15) is 6.42 Å². The molecule has 0 radical (unpaired) electrons. The van der Waals surface area contributed by atoms with Crippen LogP contribution in [0.3, 0.4) is 0 Å². The van der Waals surface area contributed by atoms with E-state index in [-0.39, 0.29) is 12.2 Å². The second-order valence-corrected chi connectivity index (χ2v) is 6.13. The molecule has 0 aliphatic rings. The molecular formula is C16H18N4O2S. The molecule has 3 aromatic rings. The molecule has 0 amide bonds. The molecule has 0 saturated heterocycles. The highest BCUT2D eigenvalue weighted by molar-refractivity contribution is 7.99. The minimum atomic E-state index is -0.0503. The zero-order valence-electron chi connectivity index (χ0n) is 12.6. The molecule has 0 unspecified atom stereocenters. The first kappa shape index (κ1) is 15.8. The van der Waals surface area contributed by atoms with Crippen molar-refractivity contribution in [2.24, 2.45) is 0 Å². The van der Waals surface area contributed by atoms with Crippen molar-refractivity contribution in [1.82, 2.24) is 19.3 Å². The number of fused-ring (bicyclic) bond motifs is 1. The van der Waals surface area contributed by atoms with E-state index in [2.05, 4.69) is 10.1 Å². The molecule has 3 rings (SSSR count). The molecule has 0 aliphatic heterocycles. The minimum Gasteiger partial charge on any atom is -0.396 e. The smallest absolute Gasteiger partial charge is 0.262 e. The molecule has 0 fully saturated rings. The van der Waals surface area contributed by atoms with Gasteiger partial charge in [0.1, 0.15) is 0 Å². The molecule has 0 atom stereocenters. The van der Waals surface area contributed by atoms with Crippen molar-refractivity contribution >= 4 is 22.7 Å². The summed E-state index contributed by atoms with van der Waals surface area (Å²) < 4.78 is 3.51. The first-order chi connectivity index (χ1) is 11.3. The zero-order valence-corrected chi connectivity index (χ0v) is 13.4. The molecular weight excluding hydrogens is 312 g/mol.